The summed E-state index contributed by atoms with van der Waals surface area (Å²) in [6.45, 7) is 6.25. The number of hydrogen-bond donors (Lipinski definition) is 2. The lowest BCUT2D eigenvalue weighted by Gasteiger charge is -2.52. The van der Waals surface area contributed by atoms with Gasteiger partial charge in [-0.2, -0.15) is 0 Å². The van der Waals surface area contributed by atoms with Crippen molar-refractivity contribution in [2.45, 2.75) is 64.1 Å². The van der Waals surface area contributed by atoms with Crippen LogP contribution in [0.2, 0.25) is 0 Å². The van der Waals surface area contributed by atoms with Crippen molar-refractivity contribution in [2.75, 3.05) is 0 Å². The maximum absolute atomic E-state index is 11.2. The maximum atomic E-state index is 11.2. The van der Waals surface area contributed by atoms with Gasteiger partial charge in [0.1, 0.15) is 11.7 Å². The number of allylic oxidation sites excluding steroid dienone is 1. The van der Waals surface area contributed by atoms with Crippen molar-refractivity contribution in [2.24, 2.45) is 11.8 Å². The Kier molecular flexibility index (Phi) is 3.97. The fourth-order valence-electron chi connectivity index (χ4n) is 4.20. The number of rotatable bonds is 2. The lowest BCUT2D eigenvalue weighted by molar-refractivity contribution is -0.159. The summed E-state index contributed by atoms with van der Waals surface area (Å²) < 4.78 is 0. The molecule has 3 rings (SSSR count). The number of aliphatic hydroxyl groups is 2. The summed E-state index contributed by atoms with van der Waals surface area (Å²) in [6.07, 6.45) is 4.92. The van der Waals surface area contributed by atoms with Crippen LogP contribution in [0.4, 0.5) is 0 Å². The van der Waals surface area contributed by atoms with E-state index >= 15 is 0 Å². The largest absolute Gasteiger partial charge is 0.386 e. The van der Waals surface area contributed by atoms with Crippen LogP contribution < -0.4 is 0 Å². The van der Waals surface area contributed by atoms with Gasteiger partial charge in [0.15, 0.2) is 0 Å². The zero-order chi connectivity index (χ0) is 15.2. The number of aromatic nitrogens is 1. The molecule has 5 atom stereocenters. The number of nitrogens with zero attached hydrogens (tertiary/aromatic N) is 1. The zero-order valence-electron chi connectivity index (χ0n) is 13.0. The fourth-order valence-corrected chi connectivity index (χ4v) is 5.01. The van der Waals surface area contributed by atoms with E-state index in [0.29, 0.717) is 0 Å². The minimum atomic E-state index is -1.00. The molecule has 1 saturated carbocycles. The van der Waals surface area contributed by atoms with Gasteiger partial charge in [-0.25, -0.2) is 4.98 Å². The molecular weight excluding hydrogens is 282 g/mol. The van der Waals surface area contributed by atoms with Crippen molar-refractivity contribution in [1.29, 1.82) is 0 Å². The molecule has 4 heteroatoms. The third-order valence-corrected chi connectivity index (χ3v) is 6.50. The van der Waals surface area contributed by atoms with Crippen LogP contribution in [0, 0.1) is 11.8 Å². The molecule has 0 unspecified atom stereocenters. The van der Waals surface area contributed by atoms with Crippen LogP contribution in [-0.4, -0.2) is 26.9 Å². The van der Waals surface area contributed by atoms with E-state index in [1.54, 1.807) is 11.3 Å². The molecule has 2 aliphatic carbocycles. The second kappa shape index (κ2) is 5.49. The van der Waals surface area contributed by atoms with Crippen molar-refractivity contribution >= 4 is 11.3 Å². The summed E-state index contributed by atoms with van der Waals surface area (Å²) in [5, 5.41) is 25.0. The van der Waals surface area contributed by atoms with Crippen LogP contribution >= 0.6 is 11.3 Å². The van der Waals surface area contributed by atoms with Crippen LogP contribution in [0.15, 0.2) is 17.0 Å². The summed E-state index contributed by atoms with van der Waals surface area (Å²) in [4.78, 5) is 4.76. The Morgan fingerprint density at radius 2 is 2.19 bits per heavy atom. The number of fused-ring (bicyclic) bond motifs is 1. The Morgan fingerprint density at radius 1 is 1.43 bits per heavy atom. The van der Waals surface area contributed by atoms with Crippen molar-refractivity contribution in [1.82, 2.24) is 4.98 Å². The van der Waals surface area contributed by atoms with E-state index in [1.807, 2.05) is 6.08 Å². The van der Waals surface area contributed by atoms with Gasteiger partial charge in [0.2, 0.25) is 0 Å². The first-order valence-corrected chi connectivity index (χ1v) is 8.86. The van der Waals surface area contributed by atoms with Gasteiger partial charge in [-0.05, 0) is 38.5 Å². The molecule has 0 aliphatic heterocycles. The van der Waals surface area contributed by atoms with Crippen molar-refractivity contribution in [3.8, 4) is 0 Å². The highest BCUT2D eigenvalue weighted by Gasteiger charge is 2.54. The third kappa shape index (κ3) is 2.37. The summed E-state index contributed by atoms with van der Waals surface area (Å²) in [6, 6.07) is 0. The van der Waals surface area contributed by atoms with E-state index < -0.39 is 11.7 Å². The molecule has 0 saturated heterocycles. The van der Waals surface area contributed by atoms with Gasteiger partial charge in [-0.1, -0.05) is 25.5 Å². The van der Waals surface area contributed by atoms with Gasteiger partial charge in [-0.15, -0.1) is 11.3 Å². The Balaban J connectivity index is 1.98. The molecule has 116 valence electrons. The van der Waals surface area contributed by atoms with Crippen LogP contribution in [0.3, 0.4) is 0 Å². The SMILES string of the molecule is CCc1nc([C@@H]2CC[C@@H](C)[C@]3(O)[C@@H](O)C=C(C)C[C@@H]23)cs1. The lowest BCUT2D eigenvalue weighted by atomic mass is 9.57. The molecule has 1 fully saturated rings. The normalized spacial score (nSPS) is 39.8. The minimum absolute atomic E-state index is 0.0769. The zero-order valence-corrected chi connectivity index (χ0v) is 13.9. The summed E-state index contributed by atoms with van der Waals surface area (Å²) in [5.74, 6) is 0.469. The van der Waals surface area contributed by atoms with E-state index in [9.17, 15) is 10.2 Å². The monoisotopic (exact) mass is 307 g/mol. The second-order valence-corrected chi connectivity index (χ2v) is 7.70. The van der Waals surface area contributed by atoms with E-state index in [4.69, 9.17) is 4.98 Å². The van der Waals surface area contributed by atoms with Gasteiger partial charge in [0.05, 0.1) is 10.7 Å². The van der Waals surface area contributed by atoms with Gasteiger partial charge >= 0.3 is 0 Å². The van der Waals surface area contributed by atoms with Crippen LogP contribution in [0.25, 0.3) is 0 Å². The summed E-state index contributed by atoms with van der Waals surface area (Å²) >= 11 is 1.71. The van der Waals surface area contributed by atoms with E-state index in [-0.39, 0.29) is 17.8 Å². The molecule has 3 nitrogen and oxygen atoms in total. The first kappa shape index (κ1) is 15.2. The second-order valence-electron chi connectivity index (χ2n) is 6.76. The van der Waals surface area contributed by atoms with Gasteiger partial charge in [0, 0.05) is 17.2 Å². The standard InChI is InChI=1S/C17H25NO2S/c1-4-16-18-14(9-21-16)12-6-5-11(3)17(20)13(12)7-10(2)8-15(17)19/h8-9,11-13,15,19-20H,4-7H2,1-3H3/t11-,12-,13+,15+,17-/m1/s1. The molecule has 0 spiro atoms. The Labute approximate surface area is 130 Å². The molecule has 0 radical (unpaired) electrons. The van der Waals surface area contributed by atoms with E-state index in [1.165, 1.54) is 5.57 Å². The Hall–Kier alpha value is -0.710. The molecule has 1 heterocycles. The predicted octanol–water partition coefficient (Wildman–Crippen LogP) is 3.28. The van der Waals surface area contributed by atoms with Crippen LogP contribution in [0.5, 0.6) is 0 Å². The molecular formula is C17H25NO2S. The summed E-state index contributed by atoms with van der Waals surface area (Å²) in [5.41, 5.74) is 1.30. The first-order chi connectivity index (χ1) is 9.96. The number of thiazole rings is 1. The summed E-state index contributed by atoms with van der Waals surface area (Å²) in [7, 11) is 0. The highest BCUT2D eigenvalue weighted by atomic mass is 32.1. The molecule has 0 aromatic carbocycles. The Morgan fingerprint density at radius 3 is 2.86 bits per heavy atom. The molecule has 2 N–H and O–H groups in total. The van der Waals surface area contributed by atoms with Crippen molar-refractivity contribution < 1.29 is 10.2 Å². The first-order valence-electron chi connectivity index (χ1n) is 7.98. The Bertz CT molecular complexity index is 553. The lowest BCUT2D eigenvalue weighted by Crippen LogP contribution is -2.58. The van der Waals surface area contributed by atoms with Gasteiger partial charge in [-0.3, -0.25) is 0 Å². The highest BCUT2D eigenvalue weighted by molar-refractivity contribution is 7.09. The van der Waals surface area contributed by atoms with E-state index in [0.717, 1.165) is 36.4 Å². The predicted molar refractivity (Wildman–Crippen MR) is 85.5 cm³/mol. The molecule has 0 amide bonds. The molecule has 21 heavy (non-hydrogen) atoms. The average molecular weight is 307 g/mol. The highest BCUT2D eigenvalue weighted by Crippen LogP contribution is 2.52. The topological polar surface area (TPSA) is 53.4 Å². The van der Waals surface area contributed by atoms with Crippen molar-refractivity contribution in [3.05, 3.63) is 27.7 Å². The third-order valence-electron chi connectivity index (χ3n) is 5.49. The maximum Gasteiger partial charge on any atom is 0.102 e. The quantitative estimate of drug-likeness (QED) is 0.825. The molecule has 1 aromatic rings. The van der Waals surface area contributed by atoms with E-state index in [2.05, 4.69) is 26.2 Å². The number of hydrogen-bond acceptors (Lipinski definition) is 4. The smallest absolute Gasteiger partial charge is 0.102 e. The van der Waals surface area contributed by atoms with Crippen LogP contribution in [-0.2, 0) is 6.42 Å². The number of aryl methyl sites for hydroxylation is 1. The minimum Gasteiger partial charge on any atom is -0.386 e. The van der Waals surface area contributed by atoms with Crippen molar-refractivity contribution in [3.63, 3.8) is 0 Å². The average Bonchev–Trinajstić information content (AvgIpc) is 2.91. The molecule has 2 aliphatic rings. The molecule has 1 aromatic heterocycles. The van der Waals surface area contributed by atoms with Gasteiger partial charge < -0.3 is 10.2 Å². The van der Waals surface area contributed by atoms with Crippen LogP contribution in [0.1, 0.15) is 56.7 Å². The van der Waals surface area contributed by atoms with Gasteiger partial charge in [0.25, 0.3) is 0 Å². The molecule has 0 bridgehead atoms. The number of aliphatic hydroxyl groups excluding tert-OH is 1. The fraction of sp³-hybridized carbons (Fsp3) is 0.706.